The molecule has 0 saturated carbocycles. The van der Waals surface area contributed by atoms with Crippen molar-refractivity contribution in [3.05, 3.63) is 100 Å². The van der Waals surface area contributed by atoms with E-state index in [0.29, 0.717) is 10.6 Å². The molecule has 1 amide bonds. The molecule has 3 aromatic carbocycles. The number of halogens is 1. The van der Waals surface area contributed by atoms with E-state index >= 15 is 0 Å². The molecular weight excluding hydrogens is 362 g/mol. The lowest BCUT2D eigenvalue weighted by Gasteiger charge is -2.09. The lowest BCUT2D eigenvalue weighted by Crippen LogP contribution is -2.12. The van der Waals surface area contributed by atoms with Crippen molar-refractivity contribution in [2.75, 3.05) is 5.32 Å². The smallest absolute Gasteiger partial charge is 0.255 e. The zero-order valence-corrected chi connectivity index (χ0v) is 16.1. The van der Waals surface area contributed by atoms with Gasteiger partial charge in [-0.05, 0) is 53.9 Å². The second-order valence-electron chi connectivity index (χ2n) is 6.09. The summed E-state index contributed by atoms with van der Waals surface area (Å²) in [7, 11) is 0. The van der Waals surface area contributed by atoms with Crippen LogP contribution in [0.15, 0.2) is 72.8 Å². The van der Waals surface area contributed by atoms with E-state index in [1.165, 1.54) is 11.1 Å². The topological polar surface area (TPSA) is 29.1 Å². The summed E-state index contributed by atoms with van der Waals surface area (Å²) in [5.74, 6) is 1.80. The molecule has 0 aliphatic heterocycles. The van der Waals surface area contributed by atoms with E-state index in [1.807, 2.05) is 61.2 Å². The Morgan fingerprint density at radius 2 is 1.58 bits per heavy atom. The van der Waals surface area contributed by atoms with E-state index in [9.17, 15) is 4.79 Å². The molecule has 0 radical (unpaired) electrons. The fraction of sp³-hybridized carbons (Fsp3) is 0.136. The molecular formula is C22H20ClNOS. The van der Waals surface area contributed by atoms with Crippen molar-refractivity contribution in [1.29, 1.82) is 0 Å². The maximum Gasteiger partial charge on any atom is 0.255 e. The van der Waals surface area contributed by atoms with Crippen LogP contribution in [0.4, 0.5) is 5.69 Å². The fourth-order valence-corrected chi connectivity index (χ4v) is 3.76. The predicted octanol–water partition coefficient (Wildman–Crippen LogP) is 6.33. The van der Waals surface area contributed by atoms with Crippen LogP contribution in [0.3, 0.4) is 0 Å². The maximum absolute atomic E-state index is 12.4. The summed E-state index contributed by atoms with van der Waals surface area (Å²) >= 11 is 7.82. The van der Waals surface area contributed by atoms with Gasteiger partial charge in [0.15, 0.2) is 0 Å². The molecule has 0 spiro atoms. The minimum absolute atomic E-state index is 0.112. The van der Waals surface area contributed by atoms with Crippen LogP contribution in [0.5, 0.6) is 0 Å². The fourth-order valence-electron chi connectivity index (χ4n) is 2.58. The van der Waals surface area contributed by atoms with Gasteiger partial charge in [0.25, 0.3) is 5.91 Å². The van der Waals surface area contributed by atoms with Crippen molar-refractivity contribution in [3.63, 3.8) is 0 Å². The zero-order valence-electron chi connectivity index (χ0n) is 14.5. The van der Waals surface area contributed by atoms with Crippen molar-refractivity contribution in [3.8, 4) is 0 Å². The second-order valence-corrected chi connectivity index (χ2v) is 7.51. The number of hydrogen-bond acceptors (Lipinski definition) is 2. The van der Waals surface area contributed by atoms with Gasteiger partial charge in [-0.1, -0.05) is 54.1 Å². The summed E-state index contributed by atoms with van der Waals surface area (Å²) in [6, 6.07) is 23.6. The van der Waals surface area contributed by atoms with Gasteiger partial charge in [-0.25, -0.2) is 0 Å². The number of carbonyl (C=O) groups excluding carboxylic acids is 1. The molecule has 0 atom stereocenters. The van der Waals surface area contributed by atoms with E-state index in [0.717, 1.165) is 22.8 Å². The third kappa shape index (κ3) is 5.13. The molecule has 26 heavy (non-hydrogen) atoms. The lowest BCUT2D eigenvalue weighted by atomic mass is 10.1. The molecule has 4 heteroatoms. The first kappa shape index (κ1) is 18.6. The standard InChI is InChI=1S/C22H20ClNOS/c1-16-13-20(23)11-12-21(16)24-22(25)19-9-7-18(8-10-19)15-26-14-17-5-3-2-4-6-17/h2-13H,14-15H2,1H3,(H,24,25). The Hall–Kier alpha value is -2.23. The second kappa shape index (κ2) is 8.93. The van der Waals surface area contributed by atoms with Crippen molar-refractivity contribution < 1.29 is 4.79 Å². The minimum Gasteiger partial charge on any atom is -0.322 e. The third-order valence-corrected chi connectivity index (χ3v) is 5.34. The van der Waals surface area contributed by atoms with Gasteiger partial charge in [0.2, 0.25) is 0 Å². The number of thioether (sulfide) groups is 1. The van der Waals surface area contributed by atoms with Crippen molar-refractivity contribution >= 4 is 35.0 Å². The number of hydrogen-bond donors (Lipinski definition) is 1. The normalized spacial score (nSPS) is 10.5. The largest absolute Gasteiger partial charge is 0.322 e. The van der Waals surface area contributed by atoms with Crippen LogP contribution in [0.1, 0.15) is 27.0 Å². The lowest BCUT2D eigenvalue weighted by molar-refractivity contribution is 0.102. The quantitative estimate of drug-likeness (QED) is 0.540. The molecule has 0 unspecified atom stereocenters. The number of rotatable bonds is 6. The Bertz CT molecular complexity index is 878. The number of nitrogens with one attached hydrogen (secondary N) is 1. The van der Waals surface area contributed by atoms with Gasteiger partial charge in [0.05, 0.1) is 0 Å². The van der Waals surface area contributed by atoms with E-state index in [2.05, 4.69) is 29.6 Å². The number of aryl methyl sites for hydroxylation is 1. The maximum atomic E-state index is 12.4. The summed E-state index contributed by atoms with van der Waals surface area (Å²) in [5.41, 5.74) is 4.91. The molecule has 0 aliphatic rings. The van der Waals surface area contributed by atoms with E-state index < -0.39 is 0 Å². The first-order valence-electron chi connectivity index (χ1n) is 8.40. The van der Waals surface area contributed by atoms with Crippen LogP contribution in [0.25, 0.3) is 0 Å². The molecule has 0 saturated heterocycles. The third-order valence-electron chi connectivity index (χ3n) is 4.03. The van der Waals surface area contributed by atoms with Gasteiger partial charge in [0, 0.05) is 27.8 Å². The molecule has 1 N–H and O–H groups in total. The highest BCUT2D eigenvalue weighted by Gasteiger charge is 2.08. The zero-order chi connectivity index (χ0) is 18.4. The summed E-state index contributed by atoms with van der Waals surface area (Å²) in [4.78, 5) is 12.4. The van der Waals surface area contributed by atoms with Gasteiger partial charge < -0.3 is 5.32 Å². The molecule has 3 rings (SSSR count). The van der Waals surface area contributed by atoms with E-state index in [-0.39, 0.29) is 5.91 Å². The number of anilines is 1. The van der Waals surface area contributed by atoms with E-state index in [1.54, 1.807) is 6.07 Å². The SMILES string of the molecule is Cc1cc(Cl)ccc1NC(=O)c1ccc(CSCc2ccccc2)cc1. The number of amides is 1. The van der Waals surface area contributed by atoms with Gasteiger partial charge >= 0.3 is 0 Å². The van der Waals surface area contributed by atoms with Gasteiger partial charge in [-0.15, -0.1) is 0 Å². The highest BCUT2D eigenvalue weighted by atomic mass is 35.5. The molecule has 132 valence electrons. The van der Waals surface area contributed by atoms with Gasteiger partial charge in [-0.3, -0.25) is 4.79 Å². The number of benzene rings is 3. The Balaban J connectivity index is 1.55. The van der Waals surface area contributed by atoms with Crippen LogP contribution < -0.4 is 5.32 Å². The highest BCUT2D eigenvalue weighted by molar-refractivity contribution is 7.97. The van der Waals surface area contributed by atoms with Crippen LogP contribution >= 0.6 is 23.4 Å². The van der Waals surface area contributed by atoms with Gasteiger partial charge in [0.1, 0.15) is 0 Å². The van der Waals surface area contributed by atoms with Crippen LogP contribution in [0.2, 0.25) is 5.02 Å². The summed E-state index contributed by atoms with van der Waals surface area (Å²) < 4.78 is 0. The predicted molar refractivity (Wildman–Crippen MR) is 112 cm³/mol. The first-order valence-corrected chi connectivity index (χ1v) is 9.93. The van der Waals surface area contributed by atoms with Crippen molar-refractivity contribution in [1.82, 2.24) is 0 Å². The molecule has 0 heterocycles. The average molecular weight is 382 g/mol. The van der Waals surface area contributed by atoms with E-state index in [4.69, 9.17) is 11.6 Å². The molecule has 3 aromatic rings. The summed E-state index contributed by atoms with van der Waals surface area (Å²) in [5, 5.41) is 3.60. The average Bonchev–Trinajstić information content (AvgIpc) is 2.65. The molecule has 2 nitrogen and oxygen atoms in total. The van der Waals surface area contributed by atoms with Crippen LogP contribution in [0, 0.1) is 6.92 Å². The molecule has 0 aliphatic carbocycles. The first-order chi connectivity index (χ1) is 12.6. The summed E-state index contributed by atoms with van der Waals surface area (Å²) in [6.07, 6.45) is 0. The van der Waals surface area contributed by atoms with Crippen LogP contribution in [-0.2, 0) is 11.5 Å². The van der Waals surface area contributed by atoms with Crippen LogP contribution in [-0.4, -0.2) is 5.91 Å². The monoisotopic (exact) mass is 381 g/mol. The molecule has 0 aromatic heterocycles. The Kier molecular flexibility index (Phi) is 6.37. The highest BCUT2D eigenvalue weighted by Crippen LogP contribution is 2.21. The Labute approximate surface area is 163 Å². The van der Waals surface area contributed by atoms with Gasteiger partial charge in [-0.2, -0.15) is 11.8 Å². The Morgan fingerprint density at radius 3 is 2.23 bits per heavy atom. The minimum atomic E-state index is -0.112. The van der Waals surface area contributed by atoms with Crippen molar-refractivity contribution in [2.45, 2.75) is 18.4 Å². The summed E-state index contributed by atoms with van der Waals surface area (Å²) in [6.45, 7) is 1.93. The Morgan fingerprint density at radius 1 is 0.923 bits per heavy atom. The molecule has 0 fully saturated rings. The molecule has 0 bridgehead atoms. The van der Waals surface area contributed by atoms with Crippen molar-refractivity contribution in [2.24, 2.45) is 0 Å². The number of carbonyl (C=O) groups is 1.